The van der Waals surface area contributed by atoms with Gasteiger partial charge in [-0.2, -0.15) is 0 Å². The van der Waals surface area contributed by atoms with Gasteiger partial charge in [-0.25, -0.2) is 0 Å². The molecule has 11 heavy (non-hydrogen) atoms. The number of rotatable bonds is 4. The van der Waals surface area contributed by atoms with Gasteiger partial charge >= 0.3 is 0 Å². The van der Waals surface area contributed by atoms with Gasteiger partial charge in [0.15, 0.2) is 0 Å². The molecule has 5 nitrogen and oxygen atoms in total. The van der Waals surface area contributed by atoms with Crippen molar-refractivity contribution in [1.29, 1.82) is 0 Å². The summed E-state index contributed by atoms with van der Waals surface area (Å²) in [6, 6.07) is 0. The lowest BCUT2D eigenvalue weighted by Gasteiger charge is -2.02. The smallest absolute Gasteiger partial charge is 0.146 e. The van der Waals surface area contributed by atoms with E-state index in [0.717, 1.165) is 12.4 Å². The standard InChI is InChI=1S/C6H12N4O/c1-11-3-2-10-5-8-9-6(10)4-7/h5H,2-4,7H2,1H3. The molecule has 0 saturated heterocycles. The van der Waals surface area contributed by atoms with Crippen molar-refractivity contribution in [3.8, 4) is 0 Å². The summed E-state index contributed by atoms with van der Waals surface area (Å²) in [7, 11) is 1.66. The van der Waals surface area contributed by atoms with Crippen LogP contribution in [0.2, 0.25) is 0 Å². The molecule has 0 aliphatic rings. The monoisotopic (exact) mass is 156 g/mol. The van der Waals surface area contributed by atoms with E-state index in [1.54, 1.807) is 13.4 Å². The second-order valence-electron chi connectivity index (χ2n) is 2.14. The number of nitrogens with two attached hydrogens (primary N) is 1. The maximum absolute atomic E-state index is 5.40. The quantitative estimate of drug-likeness (QED) is 0.631. The second-order valence-corrected chi connectivity index (χ2v) is 2.14. The largest absolute Gasteiger partial charge is 0.383 e. The third-order valence-corrected chi connectivity index (χ3v) is 1.41. The summed E-state index contributed by atoms with van der Waals surface area (Å²) in [5.41, 5.74) is 5.40. The van der Waals surface area contributed by atoms with E-state index >= 15 is 0 Å². The fourth-order valence-corrected chi connectivity index (χ4v) is 0.813. The summed E-state index contributed by atoms with van der Waals surface area (Å²) < 4.78 is 6.78. The number of aromatic nitrogens is 3. The summed E-state index contributed by atoms with van der Waals surface area (Å²) in [4.78, 5) is 0. The predicted octanol–water partition coefficient (Wildman–Crippen LogP) is -0.617. The molecule has 0 aliphatic carbocycles. The predicted molar refractivity (Wildman–Crippen MR) is 39.8 cm³/mol. The molecule has 0 saturated carbocycles. The minimum atomic E-state index is 0.420. The van der Waals surface area contributed by atoms with Crippen LogP contribution in [-0.4, -0.2) is 28.5 Å². The van der Waals surface area contributed by atoms with Crippen LogP contribution in [0.4, 0.5) is 0 Å². The molecular weight excluding hydrogens is 144 g/mol. The van der Waals surface area contributed by atoms with Crippen molar-refractivity contribution < 1.29 is 4.74 Å². The Kier molecular flexibility index (Phi) is 3.00. The zero-order valence-electron chi connectivity index (χ0n) is 6.53. The molecule has 1 heterocycles. The van der Waals surface area contributed by atoms with Gasteiger partial charge in [-0.05, 0) is 0 Å². The lowest BCUT2D eigenvalue weighted by atomic mass is 10.5. The zero-order chi connectivity index (χ0) is 8.10. The van der Waals surface area contributed by atoms with Crippen LogP contribution in [-0.2, 0) is 17.8 Å². The van der Waals surface area contributed by atoms with Crippen molar-refractivity contribution in [2.75, 3.05) is 13.7 Å². The minimum Gasteiger partial charge on any atom is -0.383 e. The second kappa shape index (κ2) is 4.05. The van der Waals surface area contributed by atoms with Crippen molar-refractivity contribution in [3.05, 3.63) is 12.2 Å². The number of nitrogens with zero attached hydrogens (tertiary/aromatic N) is 3. The summed E-state index contributed by atoms with van der Waals surface area (Å²) in [6.07, 6.45) is 1.65. The maximum atomic E-state index is 5.40. The summed E-state index contributed by atoms with van der Waals surface area (Å²) >= 11 is 0. The SMILES string of the molecule is COCCn1cnnc1CN. The van der Waals surface area contributed by atoms with E-state index in [0.29, 0.717) is 13.2 Å². The van der Waals surface area contributed by atoms with Gasteiger partial charge in [0, 0.05) is 13.7 Å². The fraction of sp³-hybridized carbons (Fsp3) is 0.667. The van der Waals surface area contributed by atoms with Gasteiger partial charge in [-0.15, -0.1) is 10.2 Å². The average molecular weight is 156 g/mol. The minimum absolute atomic E-state index is 0.420. The molecule has 62 valence electrons. The van der Waals surface area contributed by atoms with Crippen LogP contribution in [0.5, 0.6) is 0 Å². The van der Waals surface area contributed by atoms with Crippen LogP contribution < -0.4 is 5.73 Å². The first-order chi connectivity index (χ1) is 5.38. The molecule has 2 N–H and O–H groups in total. The Morgan fingerprint density at radius 3 is 3.18 bits per heavy atom. The van der Waals surface area contributed by atoms with Crippen LogP contribution in [0.3, 0.4) is 0 Å². The van der Waals surface area contributed by atoms with E-state index in [1.807, 2.05) is 4.57 Å². The van der Waals surface area contributed by atoms with Crippen LogP contribution in [0, 0.1) is 0 Å². The molecule has 0 unspecified atom stereocenters. The van der Waals surface area contributed by atoms with Crippen molar-refractivity contribution in [2.45, 2.75) is 13.1 Å². The van der Waals surface area contributed by atoms with Crippen molar-refractivity contribution in [2.24, 2.45) is 5.73 Å². The van der Waals surface area contributed by atoms with Crippen molar-refractivity contribution in [3.63, 3.8) is 0 Å². The van der Waals surface area contributed by atoms with Crippen LogP contribution in [0.1, 0.15) is 5.82 Å². The van der Waals surface area contributed by atoms with Crippen LogP contribution >= 0.6 is 0 Å². The average Bonchev–Trinajstić information content (AvgIpc) is 2.47. The van der Waals surface area contributed by atoms with E-state index < -0.39 is 0 Å². The molecule has 5 heteroatoms. The molecule has 0 aromatic carbocycles. The molecule has 0 amide bonds. The van der Waals surface area contributed by atoms with Gasteiger partial charge < -0.3 is 15.0 Å². The van der Waals surface area contributed by atoms with Crippen LogP contribution in [0.15, 0.2) is 6.33 Å². The highest BCUT2D eigenvalue weighted by Gasteiger charge is 1.99. The lowest BCUT2D eigenvalue weighted by molar-refractivity contribution is 0.186. The fourth-order valence-electron chi connectivity index (χ4n) is 0.813. The first-order valence-electron chi connectivity index (χ1n) is 3.44. The highest BCUT2D eigenvalue weighted by Crippen LogP contribution is 1.92. The molecular formula is C6H12N4O. The van der Waals surface area contributed by atoms with E-state index in [2.05, 4.69) is 10.2 Å². The van der Waals surface area contributed by atoms with Gasteiger partial charge in [0.2, 0.25) is 0 Å². The maximum Gasteiger partial charge on any atom is 0.146 e. The Morgan fingerprint density at radius 2 is 2.55 bits per heavy atom. The first kappa shape index (κ1) is 8.16. The van der Waals surface area contributed by atoms with E-state index in [1.165, 1.54) is 0 Å². The molecule has 1 aromatic heterocycles. The molecule has 1 aromatic rings. The number of hydrogen-bond donors (Lipinski definition) is 1. The Labute approximate surface area is 65.2 Å². The lowest BCUT2D eigenvalue weighted by Crippen LogP contribution is -2.10. The van der Waals surface area contributed by atoms with E-state index in [9.17, 15) is 0 Å². The summed E-state index contributed by atoms with van der Waals surface area (Å²) in [5.74, 6) is 0.794. The highest BCUT2D eigenvalue weighted by atomic mass is 16.5. The Morgan fingerprint density at radius 1 is 1.73 bits per heavy atom. The topological polar surface area (TPSA) is 66.0 Å². The number of ether oxygens (including phenoxy) is 1. The molecule has 0 aliphatic heterocycles. The van der Waals surface area contributed by atoms with Gasteiger partial charge in [0.25, 0.3) is 0 Å². The van der Waals surface area contributed by atoms with Gasteiger partial charge in [-0.1, -0.05) is 0 Å². The number of methoxy groups -OCH3 is 1. The Hall–Kier alpha value is -0.940. The molecule has 0 fully saturated rings. The normalized spacial score (nSPS) is 10.4. The highest BCUT2D eigenvalue weighted by molar-refractivity contribution is 4.83. The van der Waals surface area contributed by atoms with Crippen molar-refractivity contribution >= 4 is 0 Å². The first-order valence-corrected chi connectivity index (χ1v) is 3.44. The van der Waals surface area contributed by atoms with Crippen molar-refractivity contribution in [1.82, 2.24) is 14.8 Å². The molecule has 0 bridgehead atoms. The Balaban J connectivity index is 2.54. The zero-order valence-corrected chi connectivity index (χ0v) is 6.53. The molecule has 0 radical (unpaired) electrons. The third kappa shape index (κ3) is 1.99. The molecule has 0 atom stereocenters. The van der Waals surface area contributed by atoms with Gasteiger partial charge in [0.05, 0.1) is 13.2 Å². The van der Waals surface area contributed by atoms with Crippen LogP contribution in [0.25, 0.3) is 0 Å². The number of hydrogen-bond acceptors (Lipinski definition) is 4. The Bertz CT molecular complexity index is 210. The van der Waals surface area contributed by atoms with E-state index in [-0.39, 0.29) is 0 Å². The molecule has 0 spiro atoms. The van der Waals surface area contributed by atoms with Gasteiger partial charge in [-0.3, -0.25) is 0 Å². The molecule has 1 rings (SSSR count). The summed E-state index contributed by atoms with van der Waals surface area (Å²) in [6.45, 7) is 1.84. The summed E-state index contributed by atoms with van der Waals surface area (Å²) in [5, 5.41) is 7.54. The third-order valence-electron chi connectivity index (χ3n) is 1.41. The van der Waals surface area contributed by atoms with E-state index in [4.69, 9.17) is 10.5 Å². The van der Waals surface area contributed by atoms with Gasteiger partial charge in [0.1, 0.15) is 12.2 Å².